The van der Waals surface area contributed by atoms with E-state index in [4.69, 9.17) is 0 Å². The molecule has 21 heavy (non-hydrogen) atoms. The first kappa shape index (κ1) is 13.7. The Kier molecular flexibility index (Phi) is 3.41. The van der Waals surface area contributed by atoms with Crippen LogP contribution in [0.2, 0.25) is 0 Å². The van der Waals surface area contributed by atoms with Gasteiger partial charge in [0.2, 0.25) is 5.91 Å². The van der Waals surface area contributed by atoms with Crippen molar-refractivity contribution in [1.29, 1.82) is 0 Å². The molecule has 1 fully saturated rings. The van der Waals surface area contributed by atoms with Gasteiger partial charge >= 0.3 is 0 Å². The molecule has 110 valence electrons. The minimum absolute atomic E-state index is 0.0767. The number of hydrogen-bond donors (Lipinski definition) is 2. The number of aromatic amines is 1. The third-order valence-corrected chi connectivity index (χ3v) is 4.10. The Morgan fingerprint density at radius 2 is 2.10 bits per heavy atom. The summed E-state index contributed by atoms with van der Waals surface area (Å²) in [6, 6.07) is 5.67. The summed E-state index contributed by atoms with van der Waals surface area (Å²) >= 11 is 0. The fraction of sp³-hybridized carbons (Fsp3) is 0.375. The van der Waals surface area contributed by atoms with Gasteiger partial charge < -0.3 is 15.2 Å². The van der Waals surface area contributed by atoms with Gasteiger partial charge in [0.1, 0.15) is 0 Å². The maximum atomic E-state index is 12.6. The molecule has 1 saturated heterocycles. The summed E-state index contributed by atoms with van der Waals surface area (Å²) in [6.07, 6.45) is 0.794. The predicted molar refractivity (Wildman–Crippen MR) is 81.3 cm³/mol. The Bertz CT molecular complexity index is 718. The third kappa shape index (κ3) is 2.51. The number of aromatic nitrogens is 1. The largest absolute Gasteiger partial charge is 0.358 e. The van der Waals surface area contributed by atoms with Gasteiger partial charge in [-0.25, -0.2) is 0 Å². The zero-order valence-corrected chi connectivity index (χ0v) is 12.3. The van der Waals surface area contributed by atoms with E-state index in [9.17, 15) is 9.59 Å². The zero-order chi connectivity index (χ0) is 15.0. The van der Waals surface area contributed by atoms with Crippen LogP contribution < -0.4 is 5.32 Å². The number of benzene rings is 1. The Morgan fingerprint density at radius 3 is 2.90 bits per heavy atom. The average molecular weight is 285 g/mol. The van der Waals surface area contributed by atoms with Gasteiger partial charge in [-0.15, -0.1) is 0 Å². The molecule has 1 aromatic heterocycles. The number of fused-ring (bicyclic) bond motifs is 1. The van der Waals surface area contributed by atoms with Gasteiger partial charge in [0, 0.05) is 35.2 Å². The van der Waals surface area contributed by atoms with Crippen LogP contribution in [-0.2, 0) is 4.79 Å². The van der Waals surface area contributed by atoms with E-state index in [1.54, 1.807) is 4.90 Å². The Hall–Kier alpha value is -2.30. The van der Waals surface area contributed by atoms with Crippen LogP contribution in [0.4, 0.5) is 0 Å². The third-order valence-electron chi connectivity index (χ3n) is 4.10. The quantitative estimate of drug-likeness (QED) is 0.838. The number of aryl methyl sites for hydroxylation is 2. The van der Waals surface area contributed by atoms with Crippen molar-refractivity contribution in [2.75, 3.05) is 19.6 Å². The molecule has 2 amide bonds. The summed E-state index contributed by atoms with van der Waals surface area (Å²) in [5.74, 6) is -0.164. The van der Waals surface area contributed by atoms with E-state index >= 15 is 0 Å². The van der Waals surface area contributed by atoms with Crippen LogP contribution in [0.1, 0.15) is 28.0 Å². The summed E-state index contributed by atoms with van der Waals surface area (Å²) in [6.45, 7) is 5.46. The second-order valence-corrected chi connectivity index (χ2v) is 5.57. The van der Waals surface area contributed by atoms with Crippen molar-refractivity contribution < 1.29 is 9.59 Å². The number of rotatable bonds is 1. The zero-order valence-electron chi connectivity index (χ0n) is 12.3. The molecule has 2 aromatic rings. The lowest BCUT2D eigenvalue weighted by molar-refractivity contribution is -0.121. The molecule has 0 spiro atoms. The SMILES string of the molecule is Cc1[nH]c2ccc(C(=O)N3CCCNC(=O)C3)cc2c1C. The molecule has 3 rings (SSSR count). The number of amides is 2. The molecule has 0 radical (unpaired) electrons. The molecule has 0 aliphatic carbocycles. The van der Waals surface area contributed by atoms with Crippen LogP contribution in [0.15, 0.2) is 18.2 Å². The number of nitrogens with one attached hydrogen (secondary N) is 2. The Balaban J connectivity index is 1.93. The van der Waals surface area contributed by atoms with Gasteiger partial charge in [0.05, 0.1) is 6.54 Å². The van der Waals surface area contributed by atoms with Crippen LogP contribution in [0.5, 0.6) is 0 Å². The van der Waals surface area contributed by atoms with Crippen molar-refractivity contribution >= 4 is 22.7 Å². The highest BCUT2D eigenvalue weighted by molar-refractivity contribution is 6.00. The predicted octanol–water partition coefficient (Wildman–Crippen LogP) is 1.75. The number of nitrogens with zero attached hydrogens (tertiary/aromatic N) is 1. The second kappa shape index (κ2) is 5.24. The summed E-state index contributed by atoms with van der Waals surface area (Å²) in [4.78, 5) is 29.1. The highest BCUT2D eigenvalue weighted by Crippen LogP contribution is 2.23. The van der Waals surface area contributed by atoms with E-state index in [0.717, 1.165) is 28.6 Å². The van der Waals surface area contributed by atoms with Crippen molar-refractivity contribution in [3.63, 3.8) is 0 Å². The highest BCUT2D eigenvalue weighted by atomic mass is 16.2. The van der Waals surface area contributed by atoms with Gasteiger partial charge in [0.15, 0.2) is 0 Å². The molecule has 2 heterocycles. The molecular formula is C16H19N3O2. The van der Waals surface area contributed by atoms with Gasteiger partial charge in [-0.3, -0.25) is 9.59 Å². The number of H-pyrrole nitrogens is 1. The van der Waals surface area contributed by atoms with Crippen LogP contribution in [0.3, 0.4) is 0 Å². The van der Waals surface area contributed by atoms with Crippen LogP contribution in [0, 0.1) is 13.8 Å². The number of carbonyl (C=O) groups excluding carboxylic acids is 2. The smallest absolute Gasteiger partial charge is 0.254 e. The van der Waals surface area contributed by atoms with E-state index < -0.39 is 0 Å². The molecule has 1 aliphatic heterocycles. The lowest BCUT2D eigenvalue weighted by Crippen LogP contribution is -2.37. The van der Waals surface area contributed by atoms with E-state index in [2.05, 4.69) is 10.3 Å². The monoisotopic (exact) mass is 285 g/mol. The standard InChI is InChI=1S/C16H19N3O2/c1-10-11(2)18-14-5-4-12(8-13(10)14)16(21)19-7-3-6-17-15(20)9-19/h4-5,8,18H,3,6-7,9H2,1-2H3,(H,17,20). The van der Waals surface area contributed by atoms with Gasteiger partial charge in [-0.1, -0.05) is 0 Å². The minimum atomic E-state index is -0.0874. The molecule has 5 nitrogen and oxygen atoms in total. The lowest BCUT2D eigenvalue weighted by atomic mass is 10.1. The van der Waals surface area contributed by atoms with E-state index in [0.29, 0.717) is 18.7 Å². The number of hydrogen-bond acceptors (Lipinski definition) is 2. The normalized spacial score (nSPS) is 15.9. The molecule has 1 aliphatic rings. The molecule has 0 atom stereocenters. The lowest BCUT2D eigenvalue weighted by Gasteiger charge is -2.19. The topological polar surface area (TPSA) is 65.2 Å². The fourth-order valence-corrected chi connectivity index (χ4v) is 2.76. The van der Waals surface area contributed by atoms with Crippen molar-refractivity contribution in [3.8, 4) is 0 Å². The molecule has 0 bridgehead atoms. The van der Waals surface area contributed by atoms with Crippen molar-refractivity contribution in [1.82, 2.24) is 15.2 Å². The van der Waals surface area contributed by atoms with Crippen molar-refractivity contribution in [2.45, 2.75) is 20.3 Å². The highest BCUT2D eigenvalue weighted by Gasteiger charge is 2.21. The van der Waals surface area contributed by atoms with Gasteiger partial charge in [-0.2, -0.15) is 0 Å². The van der Waals surface area contributed by atoms with E-state index in [1.165, 1.54) is 0 Å². The average Bonchev–Trinajstić information content (AvgIpc) is 2.65. The molecule has 0 saturated carbocycles. The molecule has 0 unspecified atom stereocenters. The molecule has 2 N–H and O–H groups in total. The van der Waals surface area contributed by atoms with Crippen LogP contribution in [-0.4, -0.2) is 41.3 Å². The first-order chi connectivity index (χ1) is 10.1. The van der Waals surface area contributed by atoms with Gasteiger partial charge in [0.25, 0.3) is 5.91 Å². The Labute approximate surface area is 123 Å². The first-order valence-corrected chi connectivity index (χ1v) is 7.21. The van der Waals surface area contributed by atoms with Gasteiger partial charge in [-0.05, 0) is 44.0 Å². The number of carbonyl (C=O) groups is 2. The summed E-state index contributed by atoms with van der Waals surface area (Å²) in [7, 11) is 0. The minimum Gasteiger partial charge on any atom is -0.358 e. The van der Waals surface area contributed by atoms with E-state index in [-0.39, 0.29) is 18.4 Å². The van der Waals surface area contributed by atoms with Crippen LogP contribution >= 0.6 is 0 Å². The van der Waals surface area contributed by atoms with E-state index in [1.807, 2.05) is 32.0 Å². The molecule has 5 heteroatoms. The summed E-state index contributed by atoms with van der Waals surface area (Å²) < 4.78 is 0. The van der Waals surface area contributed by atoms with Crippen molar-refractivity contribution in [2.24, 2.45) is 0 Å². The molecule has 1 aromatic carbocycles. The fourth-order valence-electron chi connectivity index (χ4n) is 2.76. The molecular weight excluding hydrogens is 266 g/mol. The first-order valence-electron chi connectivity index (χ1n) is 7.21. The maximum Gasteiger partial charge on any atom is 0.254 e. The maximum absolute atomic E-state index is 12.6. The summed E-state index contributed by atoms with van der Waals surface area (Å²) in [5, 5.41) is 3.85. The summed E-state index contributed by atoms with van der Waals surface area (Å²) in [5.41, 5.74) is 3.95. The second-order valence-electron chi connectivity index (χ2n) is 5.57. The van der Waals surface area contributed by atoms with Crippen LogP contribution in [0.25, 0.3) is 10.9 Å². The van der Waals surface area contributed by atoms with Crippen molar-refractivity contribution in [3.05, 3.63) is 35.0 Å². The Morgan fingerprint density at radius 1 is 1.29 bits per heavy atom.